The molecule has 8 heteroatoms. The van der Waals surface area contributed by atoms with Gasteiger partial charge in [0.15, 0.2) is 0 Å². The van der Waals surface area contributed by atoms with Gasteiger partial charge in [-0.25, -0.2) is 23.1 Å². The van der Waals surface area contributed by atoms with Crippen LogP contribution in [0.4, 0.5) is 5.95 Å². The van der Waals surface area contributed by atoms with Crippen LogP contribution in [-0.4, -0.2) is 31.5 Å². The molecule has 0 atom stereocenters. The summed E-state index contributed by atoms with van der Waals surface area (Å²) < 4.78 is 27.4. The fourth-order valence-corrected chi connectivity index (χ4v) is 3.92. The summed E-state index contributed by atoms with van der Waals surface area (Å²) in [4.78, 5) is 10.8. The third-order valence-corrected chi connectivity index (χ3v) is 5.54. The molecule has 2 heterocycles. The molecular weight excluding hydrogens is 338 g/mol. The van der Waals surface area contributed by atoms with Gasteiger partial charge in [0, 0.05) is 19.3 Å². The van der Waals surface area contributed by atoms with Crippen molar-refractivity contribution in [3.63, 3.8) is 0 Å². The summed E-state index contributed by atoms with van der Waals surface area (Å²) in [5.74, 6) is 0.633. The molecule has 1 aromatic heterocycles. The summed E-state index contributed by atoms with van der Waals surface area (Å²) >= 11 is 0. The molecule has 1 aromatic carbocycles. The van der Waals surface area contributed by atoms with Gasteiger partial charge >= 0.3 is 0 Å². The maximum Gasteiger partial charge on any atom is 0.242 e. The Hall–Kier alpha value is -2.50. The van der Waals surface area contributed by atoms with Crippen LogP contribution in [0.5, 0.6) is 0 Å². The highest BCUT2D eigenvalue weighted by Gasteiger charge is 2.19. The van der Waals surface area contributed by atoms with Gasteiger partial charge in [0.05, 0.1) is 22.7 Å². The first-order chi connectivity index (χ1) is 12.1. The standard InChI is InChI=1S/C17H19N5O2S/c18-12-14-6-2-3-7-16(14)25(23,24)20-13-15-8-9-19-17(21-15)22-10-4-1-5-11-22/h2-3,6-9,20H,1,4-5,10-11,13H2. The monoisotopic (exact) mass is 357 g/mol. The van der Waals surface area contributed by atoms with Crippen molar-refractivity contribution in [2.75, 3.05) is 18.0 Å². The van der Waals surface area contributed by atoms with Crippen molar-refractivity contribution < 1.29 is 8.42 Å². The molecular formula is C17H19N5O2S. The van der Waals surface area contributed by atoms with Crippen molar-refractivity contribution in [3.8, 4) is 6.07 Å². The number of piperidine rings is 1. The largest absolute Gasteiger partial charge is 0.341 e. The zero-order chi connectivity index (χ0) is 17.7. The minimum absolute atomic E-state index is 0.0252. The highest BCUT2D eigenvalue weighted by molar-refractivity contribution is 7.89. The summed E-state index contributed by atoms with van der Waals surface area (Å²) in [5, 5.41) is 9.08. The Morgan fingerprint density at radius 3 is 2.68 bits per heavy atom. The lowest BCUT2D eigenvalue weighted by atomic mass is 10.1. The molecule has 0 aliphatic carbocycles. The van der Waals surface area contributed by atoms with Crippen LogP contribution < -0.4 is 9.62 Å². The summed E-state index contributed by atoms with van der Waals surface area (Å²) in [7, 11) is -3.79. The van der Waals surface area contributed by atoms with Crippen LogP contribution in [0, 0.1) is 11.3 Å². The van der Waals surface area contributed by atoms with Gasteiger partial charge in [-0.15, -0.1) is 0 Å². The third kappa shape index (κ3) is 4.13. The first kappa shape index (κ1) is 17.3. The van der Waals surface area contributed by atoms with Crippen molar-refractivity contribution in [1.82, 2.24) is 14.7 Å². The number of anilines is 1. The number of aromatic nitrogens is 2. The Balaban J connectivity index is 1.74. The van der Waals surface area contributed by atoms with E-state index in [1.165, 1.54) is 18.6 Å². The number of hydrogen-bond acceptors (Lipinski definition) is 6. The Morgan fingerprint density at radius 1 is 1.16 bits per heavy atom. The Morgan fingerprint density at radius 2 is 1.92 bits per heavy atom. The van der Waals surface area contributed by atoms with Gasteiger partial charge in [-0.3, -0.25) is 0 Å². The average Bonchev–Trinajstić information content (AvgIpc) is 2.67. The van der Waals surface area contributed by atoms with E-state index in [0.29, 0.717) is 11.6 Å². The van der Waals surface area contributed by atoms with Gasteiger partial charge in [-0.1, -0.05) is 12.1 Å². The molecule has 1 fully saturated rings. The Bertz CT molecular complexity index is 886. The Labute approximate surface area is 147 Å². The van der Waals surface area contributed by atoms with Crippen molar-refractivity contribution in [2.24, 2.45) is 0 Å². The predicted molar refractivity (Wildman–Crippen MR) is 93.3 cm³/mol. The second-order valence-corrected chi connectivity index (χ2v) is 7.56. The molecule has 25 heavy (non-hydrogen) atoms. The van der Waals surface area contributed by atoms with E-state index >= 15 is 0 Å². The Kier molecular flexibility index (Phi) is 5.26. The van der Waals surface area contributed by atoms with Gasteiger partial charge < -0.3 is 4.90 Å². The van der Waals surface area contributed by atoms with Gasteiger partial charge in [0.2, 0.25) is 16.0 Å². The minimum atomic E-state index is -3.79. The lowest BCUT2D eigenvalue weighted by Gasteiger charge is -2.26. The zero-order valence-corrected chi connectivity index (χ0v) is 14.5. The molecule has 1 saturated heterocycles. The summed E-state index contributed by atoms with van der Waals surface area (Å²) in [6.45, 7) is 1.89. The molecule has 0 bridgehead atoms. The van der Waals surface area contributed by atoms with Crippen molar-refractivity contribution >= 4 is 16.0 Å². The number of nitrogens with zero attached hydrogens (tertiary/aromatic N) is 4. The normalized spacial score (nSPS) is 14.9. The van der Waals surface area contributed by atoms with Crippen LogP contribution in [0.1, 0.15) is 30.5 Å². The van der Waals surface area contributed by atoms with Crippen LogP contribution in [-0.2, 0) is 16.6 Å². The number of rotatable bonds is 5. The second-order valence-electron chi connectivity index (χ2n) is 5.83. The van der Waals surface area contributed by atoms with E-state index in [-0.39, 0.29) is 17.0 Å². The molecule has 0 saturated carbocycles. The minimum Gasteiger partial charge on any atom is -0.341 e. The zero-order valence-electron chi connectivity index (χ0n) is 13.7. The van der Waals surface area contributed by atoms with E-state index in [1.807, 2.05) is 6.07 Å². The summed E-state index contributed by atoms with van der Waals surface area (Å²) in [6.07, 6.45) is 5.09. The van der Waals surface area contributed by atoms with E-state index in [4.69, 9.17) is 5.26 Å². The maximum atomic E-state index is 12.5. The molecule has 3 rings (SSSR count). The summed E-state index contributed by atoms with van der Waals surface area (Å²) in [6, 6.07) is 9.71. The van der Waals surface area contributed by atoms with Gasteiger partial charge in [0.25, 0.3) is 0 Å². The smallest absolute Gasteiger partial charge is 0.242 e. The second kappa shape index (κ2) is 7.59. The molecule has 2 aromatic rings. The van der Waals surface area contributed by atoms with E-state index < -0.39 is 10.0 Å². The predicted octanol–water partition coefficient (Wildman–Crippen LogP) is 1.82. The van der Waals surface area contributed by atoms with E-state index in [1.54, 1.807) is 24.4 Å². The number of sulfonamides is 1. The molecule has 0 spiro atoms. The van der Waals surface area contributed by atoms with Crippen LogP contribution in [0.25, 0.3) is 0 Å². The van der Waals surface area contributed by atoms with E-state index in [2.05, 4.69) is 19.6 Å². The molecule has 0 radical (unpaired) electrons. The molecule has 0 amide bonds. The summed E-state index contributed by atoms with van der Waals surface area (Å²) in [5.41, 5.74) is 0.709. The molecule has 0 unspecified atom stereocenters. The van der Waals surface area contributed by atoms with E-state index in [0.717, 1.165) is 25.9 Å². The quantitative estimate of drug-likeness (QED) is 0.876. The first-order valence-electron chi connectivity index (χ1n) is 8.16. The SMILES string of the molecule is N#Cc1ccccc1S(=O)(=O)NCc1ccnc(N2CCCCC2)n1. The number of hydrogen-bond donors (Lipinski definition) is 1. The lowest BCUT2D eigenvalue weighted by Crippen LogP contribution is -2.31. The highest BCUT2D eigenvalue weighted by Crippen LogP contribution is 2.17. The van der Waals surface area contributed by atoms with Crippen molar-refractivity contribution in [1.29, 1.82) is 5.26 Å². The van der Waals surface area contributed by atoms with Crippen LogP contribution in [0.2, 0.25) is 0 Å². The van der Waals surface area contributed by atoms with Crippen LogP contribution in [0.15, 0.2) is 41.4 Å². The number of nitriles is 1. The van der Waals surface area contributed by atoms with Crippen molar-refractivity contribution in [2.45, 2.75) is 30.7 Å². The molecule has 130 valence electrons. The first-order valence-corrected chi connectivity index (χ1v) is 9.64. The van der Waals surface area contributed by atoms with Crippen LogP contribution in [0.3, 0.4) is 0 Å². The maximum absolute atomic E-state index is 12.5. The topological polar surface area (TPSA) is 99.0 Å². The lowest BCUT2D eigenvalue weighted by molar-refractivity contribution is 0.566. The molecule has 7 nitrogen and oxygen atoms in total. The van der Waals surface area contributed by atoms with Gasteiger partial charge in [-0.2, -0.15) is 5.26 Å². The molecule has 1 aliphatic rings. The average molecular weight is 357 g/mol. The van der Waals surface area contributed by atoms with Gasteiger partial charge in [-0.05, 0) is 37.5 Å². The highest BCUT2D eigenvalue weighted by atomic mass is 32.2. The fourth-order valence-electron chi connectivity index (χ4n) is 2.77. The number of benzene rings is 1. The third-order valence-electron chi connectivity index (χ3n) is 4.08. The van der Waals surface area contributed by atoms with Crippen LogP contribution >= 0.6 is 0 Å². The fraction of sp³-hybridized carbons (Fsp3) is 0.353. The number of nitrogens with one attached hydrogen (secondary N) is 1. The molecule has 1 aliphatic heterocycles. The molecule has 1 N–H and O–H groups in total. The van der Waals surface area contributed by atoms with Crippen molar-refractivity contribution in [3.05, 3.63) is 47.8 Å². The van der Waals surface area contributed by atoms with E-state index in [9.17, 15) is 8.42 Å². The van der Waals surface area contributed by atoms with Gasteiger partial charge in [0.1, 0.15) is 6.07 Å².